The Kier molecular flexibility index (Phi) is 2.79. The maximum absolute atomic E-state index is 11.6. The Morgan fingerprint density at radius 1 is 1.65 bits per heavy atom. The summed E-state index contributed by atoms with van der Waals surface area (Å²) in [5, 5.41) is 19.0. The molecule has 0 bridgehead atoms. The number of aromatic nitrogens is 2. The van der Waals surface area contributed by atoms with E-state index in [4.69, 9.17) is 11.2 Å². The highest BCUT2D eigenvalue weighted by atomic mass is 16.5. The lowest BCUT2D eigenvalue weighted by Crippen LogP contribution is -2.33. The van der Waals surface area contributed by atoms with E-state index in [2.05, 4.69) is 4.98 Å². The molecule has 1 saturated heterocycles. The Bertz CT molecular complexity index is 540. The van der Waals surface area contributed by atoms with Crippen LogP contribution in [0.1, 0.15) is 14.5 Å². The second-order valence-corrected chi connectivity index (χ2v) is 4.01. The number of rotatable bonds is 2. The Morgan fingerprint density at radius 2 is 2.35 bits per heavy atom. The molecule has 0 aromatic carbocycles. The van der Waals surface area contributed by atoms with Crippen LogP contribution in [-0.2, 0) is 4.74 Å². The summed E-state index contributed by atoms with van der Waals surface area (Å²) in [5.41, 5.74) is -1.19. The third-order valence-corrected chi connectivity index (χ3v) is 2.89. The average molecular weight is 243 g/mol. The number of hydrogen-bond donors (Lipinski definition) is 3. The minimum Gasteiger partial charge on any atom is -0.394 e. The summed E-state index contributed by atoms with van der Waals surface area (Å²) >= 11 is 0. The monoisotopic (exact) mass is 243 g/mol. The molecule has 94 valence electrons. The second kappa shape index (κ2) is 4.44. The highest BCUT2D eigenvalue weighted by Gasteiger charge is 2.41. The van der Waals surface area contributed by atoms with Crippen molar-refractivity contribution < 1.29 is 16.3 Å². The zero-order valence-corrected chi connectivity index (χ0v) is 9.11. The van der Waals surface area contributed by atoms with Gasteiger partial charge in [0.25, 0.3) is 5.56 Å². The van der Waals surface area contributed by atoms with E-state index in [9.17, 15) is 14.7 Å². The van der Waals surface area contributed by atoms with E-state index in [1.54, 1.807) is 6.92 Å². The van der Waals surface area contributed by atoms with Crippen molar-refractivity contribution in [1.29, 1.82) is 0 Å². The van der Waals surface area contributed by atoms with Crippen LogP contribution >= 0.6 is 0 Å². The first-order chi connectivity index (χ1) is 8.41. The van der Waals surface area contributed by atoms with Gasteiger partial charge in [-0.1, -0.05) is 6.92 Å². The van der Waals surface area contributed by atoms with Crippen molar-refractivity contribution in [3.63, 3.8) is 0 Å². The Balaban J connectivity index is 2.35. The van der Waals surface area contributed by atoms with E-state index in [1.165, 1.54) is 6.20 Å². The standard InChI is InChI=1S/C10H14N2O5/c1-5-8(15)6(4-13)17-9(5)12-3-2-7(14)11-10(12)16/h2-3,5-6,8-9,13,15H,4H2,1H3,(H,11,14,16)/t5-,6-,8+,9-/m1/s1/i4D/t4?,5-,6-,8+,9-. The lowest BCUT2D eigenvalue weighted by Gasteiger charge is -2.17. The molecule has 1 aromatic rings. The van der Waals surface area contributed by atoms with Crippen molar-refractivity contribution in [2.45, 2.75) is 25.4 Å². The van der Waals surface area contributed by atoms with E-state index in [0.717, 1.165) is 10.6 Å². The lowest BCUT2D eigenvalue weighted by molar-refractivity contribution is -0.0477. The van der Waals surface area contributed by atoms with Gasteiger partial charge in [-0.05, 0) is 0 Å². The molecule has 1 aromatic heterocycles. The summed E-state index contributed by atoms with van der Waals surface area (Å²) in [6.45, 7) is 0.0424. The van der Waals surface area contributed by atoms with Crippen LogP contribution in [0.3, 0.4) is 0 Å². The fourth-order valence-corrected chi connectivity index (χ4v) is 1.90. The van der Waals surface area contributed by atoms with Gasteiger partial charge in [0.1, 0.15) is 12.3 Å². The molecule has 7 nitrogen and oxygen atoms in total. The predicted octanol–water partition coefficient (Wildman–Crippen LogP) is -1.58. The normalized spacial score (nSPS) is 35.6. The fourth-order valence-electron chi connectivity index (χ4n) is 1.90. The van der Waals surface area contributed by atoms with Crippen LogP contribution in [0.25, 0.3) is 0 Å². The molecule has 1 aliphatic heterocycles. The summed E-state index contributed by atoms with van der Waals surface area (Å²) in [6.07, 6.45) is -1.70. The molecule has 0 spiro atoms. The summed E-state index contributed by atoms with van der Waals surface area (Å²) in [5.74, 6) is -0.487. The number of H-pyrrole nitrogens is 1. The molecule has 7 heteroatoms. The predicted molar refractivity (Wildman–Crippen MR) is 57.5 cm³/mol. The van der Waals surface area contributed by atoms with Gasteiger partial charge < -0.3 is 14.9 Å². The SMILES string of the molecule is [2H]C(O)[C@H]1O[C@@H](n2ccc(=O)[nH]c2=O)[C@H](C)[C@@H]1O. The number of aromatic amines is 1. The highest BCUT2D eigenvalue weighted by molar-refractivity contribution is 4.91. The Hall–Kier alpha value is -1.44. The van der Waals surface area contributed by atoms with Crippen LogP contribution in [-0.4, -0.2) is 38.6 Å². The molecule has 1 aliphatic rings. The van der Waals surface area contributed by atoms with Crippen molar-refractivity contribution in [1.82, 2.24) is 9.55 Å². The van der Waals surface area contributed by atoms with Crippen molar-refractivity contribution >= 4 is 0 Å². The number of hydrogen-bond acceptors (Lipinski definition) is 5. The van der Waals surface area contributed by atoms with E-state index >= 15 is 0 Å². The topological polar surface area (TPSA) is 105 Å². The largest absolute Gasteiger partial charge is 0.394 e. The third kappa shape index (κ3) is 2.04. The molecule has 0 aliphatic carbocycles. The first-order valence-electron chi connectivity index (χ1n) is 5.75. The zero-order valence-electron chi connectivity index (χ0n) is 10.1. The van der Waals surface area contributed by atoms with Gasteiger partial charge in [0, 0.05) is 18.2 Å². The first kappa shape index (κ1) is 10.7. The van der Waals surface area contributed by atoms with E-state index in [1.807, 2.05) is 0 Å². The maximum atomic E-state index is 11.6. The molecule has 1 fully saturated rings. The van der Waals surface area contributed by atoms with Gasteiger partial charge in [0.2, 0.25) is 0 Å². The molecule has 0 radical (unpaired) electrons. The van der Waals surface area contributed by atoms with Gasteiger partial charge in [0.05, 0.1) is 14.1 Å². The van der Waals surface area contributed by atoms with Gasteiger partial charge in [-0.3, -0.25) is 14.3 Å². The number of aliphatic hydroxyl groups excluding tert-OH is 2. The van der Waals surface area contributed by atoms with E-state index < -0.39 is 42.2 Å². The van der Waals surface area contributed by atoms with Crippen molar-refractivity contribution in [3.05, 3.63) is 33.1 Å². The Labute approximate surface area is 97.7 Å². The molecular formula is C10H14N2O5. The van der Waals surface area contributed by atoms with Crippen molar-refractivity contribution in [3.8, 4) is 0 Å². The molecule has 3 N–H and O–H groups in total. The van der Waals surface area contributed by atoms with Gasteiger partial charge in [-0.15, -0.1) is 0 Å². The Morgan fingerprint density at radius 3 is 2.88 bits per heavy atom. The van der Waals surface area contributed by atoms with Crippen LogP contribution in [0.2, 0.25) is 0 Å². The smallest absolute Gasteiger partial charge is 0.330 e. The van der Waals surface area contributed by atoms with Gasteiger partial charge in [0.15, 0.2) is 0 Å². The van der Waals surface area contributed by atoms with Crippen LogP contribution in [0.5, 0.6) is 0 Å². The molecule has 1 unspecified atom stereocenters. The van der Waals surface area contributed by atoms with Gasteiger partial charge >= 0.3 is 5.69 Å². The van der Waals surface area contributed by atoms with Crippen LogP contribution in [0.4, 0.5) is 0 Å². The number of nitrogens with zero attached hydrogens (tertiary/aromatic N) is 1. The molecule has 2 rings (SSSR count). The minimum atomic E-state index is -1.59. The molecule has 0 amide bonds. The number of nitrogens with one attached hydrogen (secondary N) is 1. The first-order valence-corrected chi connectivity index (χ1v) is 5.17. The van der Waals surface area contributed by atoms with Crippen molar-refractivity contribution in [2.24, 2.45) is 5.92 Å². The minimum absolute atomic E-state index is 0.487. The quantitative estimate of drug-likeness (QED) is 0.581. The molecule has 17 heavy (non-hydrogen) atoms. The summed E-state index contributed by atoms with van der Waals surface area (Å²) in [7, 11) is 0. The third-order valence-electron chi connectivity index (χ3n) is 2.89. The molecular weight excluding hydrogens is 228 g/mol. The number of aliphatic hydroxyl groups is 2. The summed E-state index contributed by atoms with van der Waals surface area (Å²) in [6, 6.07) is 1.16. The van der Waals surface area contributed by atoms with Gasteiger partial charge in [-0.2, -0.15) is 0 Å². The summed E-state index contributed by atoms with van der Waals surface area (Å²) in [4.78, 5) is 24.6. The molecule has 0 saturated carbocycles. The second-order valence-electron chi connectivity index (χ2n) is 4.01. The van der Waals surface area contributed by atoms with Crippen molar-refractivity contribution in [2.75, 3.05) is 6.58 Å². The fraction of sp³-hybridized carbons (Fsp3) is 0.600. The van der Waals surface area contributed by atoms with Crippen LogP contribution in [0, 0.1) is 5.92 Å². The number of ether oxygens (including phenoxy) is 1. The van der Waals surface area contributed by atoms with Gasteiger partial charge in [-0.25, -0.2) is 4.79 Å². The van der Waals surface area contributed by atoms with E-state index in [0.29, 0.717) is 0 Å². The summed E-state index contributed by atoms with van der Waals surface area (Å²) < 4.78 is 13.6. The van der Waals surface area contributed by atoms with Crippen LogP contribution < -0.4 is 11.2 Å². The maximum Gasteiger partial charge on any atom is 0.330 e. The molecule has 2 heterocycles. The lowest BCUT2D eigenvalue weighted by atomic mass is 10.0. The van der Waals surface area contributed by atoms with Crippen LogP contribution in [0.15, 0.2) is 21.9 Å². The molecule has 5 atom stereocenters. The van der Waals surface area contributed by atoms with E-state index in [-0.39, 0.29) is 0 Å². The highest BCUT2D eigenvalue weighted by Crippen LogP contribution is 2.32. The zero-order chi connectivity index (χ0) is 13.4. The average Bonchev–Trinajstić information content (AvgIpc) is 2.57.